The van der Waals surface area contributed by atoms with Crippen molar-refractivity contribution in [3.8, 4) is 28.3 Å². The molecule has 0 radical (unpaired) electrons. The number of nitrogens with zero attached hydrogens (tertiary/aromatic N) is 6. The largest absolute Gasteiger partial charge is 0.360 e. The number of hydrogen-bond donors (Lipinski definition) is 1. The number of H-pyrrole nitrogens is 1. The van der Waals surface area contributed by atoms with Crippen LogP contribution >= 0.6 is 0 Å². The van der Waals surface area contributed by atoms with Gasteiger partial charge in [0.2, 0.25) is 0 Å². The molecule has 0 spiro atoms. The predicted molar refractivity (Wildman–Crippen MR) is 130 cm³/mol. The van der Waals surface area contributed by atoms with Crippen LogP contribution in [0.4, 0.5) is 14.6 Å². The van der Waals surface area contributed by atoms with E-state index in [2.05, 4.69) is 37.1 Å². The van der Waals surface area contributed by atoms with Crippen LogP contribution in [0.2, 0.25) is 0 Å². The van der Waals surface area contributed by atoms with Gasteiger partial charge in [-0.25, -0.2) is 13.8 Å². The number of likely N-dealkylation sites (tertiary alicyclic amines) is 1. The number of pyridine rings is 1. The smallest absolute Gasteiger partial charge is 0.182 e. The molecule has 5 heterocycles. The minimum Gasteiger partial charge on any atom is -0.360 e. The van der Waals surface area contributed by atoms with Gasteiger partial charge in [0.25, 0.3) is 0 Å². The first-order valence-electron chi connectivity index (χ1n) is 12.2. The zero-order chi connectivity index (χ0) is 23.8. The van der Waals surface area contributed by atoms with Gasteiger partial charge in [0, 0.05) is 48.3 Å². The van der Waals surface area contributed by atoms with Gasteiger partial charge in [-0.15, -0.1) is 10.2 Å². The molecule has 2 fully saturated rings. The Balaban J connectivity index is 1.22. The van der Waals surface area contributed by atoms with Crippen molar-refractivity contribution >= 4 is 5.82 Å². The third-order valence-corrected chi connectivity index (χ3v) is 7.08. The molecule has 35 heavy (non-hydrogen) atoms. The molecule has 4 aromatic rings. The number of halogens is 2. The number of rotatable bonds is 6. The second-order valence-corrected chi connectivity index (χ2v) is 9.30. The van der Waals surface area contributed by atoms with Crippen LogP contribution in [0.5, 0.6) is 0 Å². The third-order valence-electron chi connectivity index (χ3n) is 7.08. The van der Waals surface area contributed by atoms with Crippen LogP contribution in [0.15, 0.2) is 55.1 Å². The van der Waals surface area contributed by atoms with Crippen LogP contribution < -0.4 is 4.90 Å². The Hall–Kier alpha value is -3.59. The average Bonchev–Trinajstić information content (AvgIpc) is 3.68. The predicted octanol–water partition coefficient (Wildman–Crippen LogP) is 4.67. The molecule has 2 saturated heterocycles. The molecule has 1 atom stereocenters. The molecular formula is C26H27F2N7. The molecule has 2 aliphatic heterocycles. The minimum atomic E-state index is -0.936. The number of benzene rings is 1. The number of nitrogens with one attached hydrogen (secondary N) is 1. The van der Waals surface area contributed by atoms with Crippen molar-refractivity contribution in [2.45, 2.75) is 31.7 Å². The van der Waals surface area contributed by atoms with E-state index in [-0.39, 0.29) is 5.69 Å². The van der Waals surface area contributed by atoms with Crippen LogP contribution in [0.1, 0.15) is 25.7 Å². The van der Waals surface area contributed by atoms with Crippen molar-refractivity contribution in [3.05, 3.63) is 66.8 Å². The molecule has 2 aliphatic rings. The number of hydrogen-bond acceptors (Lipinski definition) is 5. The van der Waals surface area contributed by atoms with E-state index in [0.717, 1.165) is 41.8 Å². The Labute approximate surface area is 202 Å². The van der Waals surface area contributed by atoms with Crippen LogP contribution in [0.3, 0.4) is 0 Å². The summed E-state index contributed by atoms with van der Waals surface area (Å²) in [4.78, 5) is 13.1. The summed E-state index contributed by atoms with van der Waals surface area (Å²) in [6, 6.07) is 10.6. The normalized spacial score (nSPS) is 18.6. The summed E-state index contributed by atoms with van der Waals surface area (Å²) in [7, 11) is 0. The van der Waals surface area contributed by atoms with E-state index in [0.29, 0.717) is 11.9 Å². The minimum absolute atomic E-state index is 0.0628. The quantitative estimate of drug-likeness (QED) is 0.439. The van der Waals surface area contributed by atoms with E-state index in [1.54, 1.807) is 6.20 Å². The molecule has 1 aromatic carbocycles. The highest BCUT2D eigenvalue weighted by Gasteiger charge is 2.28. The van der Waals surface area contributed by atoms with Crippen molar-refractivity contribution in [3.63, 3.8) is 0 Å². The molecule has 7 nitrogen and oxygen atoms in total. The van der Waals surface area contributed by atoms with Gasteiger partial charge < -0.3 is 14.8 Å². The molecular weight excluding hydrogens is 448 g/mol. The molecule has 180 valence electrons. The maximum absolute atomic E-state index is 14.4. The monoisotopic (exact) mass is 475 g/mol. The number of aromatic amines is 1. The molecule has 9 heteroatoms. The molecule has 0 aliphatic carbocycles. The fourth-order valence-electron chi connectivity index (χ4n) is 5.28. The zero-order valence-corrected chi connectivity index (χ0v) is 19.4. The van der Waals surface area contributed by atoms with Crippen molar-refractivity contribution in [1.29, 1.82) is 0 Å². The lowest BCUT2D eigenvalue weighted by atomic mass is 10.1. The Morgan fingerprint density at radius 2 is 1.89 bits per heavy atom. The Kier molecular flexibility index (Phi) is 5.77. The van der Waals surface area contributed by atoms with Crippen LogP contribution in [-0.4, -0.2) is 61.9 Å². The number of anilines is 1. The Bertz CT molecular complexity index is 1310. The molecule has 0 bridgehead atoms. The summed E-state index contributed by atoms with van der Waals surface area (Å²) in [5, 5.41) is 8.05. The maximum Gasteiger partial charge on any atom is 0.182 e. The fraction of sp³-hybridized carbons (Fsp3) is 0.346. The number of aromatic nitrogens is 5. The topological polar surface area (TPSA) is 65.9 Å². The first-order chi connectivity index (χ1) is 17.2. The lowest BCUT2D eigenvalue weighted by Gasteiger charge is -2.29. The summed E-state index contributed by atoms with van der Waals surface area (Å²) < 4.78 is 29.6. The van der Waals surface area contributed by atoms with E-state index in [1.807, 2.05) is 12.3 Å². The van der Waals surface area contributed by atoms with E-state index in [9.17, 15) is 8.78 Å². The molecule has 1 N–H and O–H groups in total. The summed E-state index contributed by atoms with van der Waals surface area (Å²) in [5.74, 6) is -0.412. The summed E-state index contributed by atoms with van der Waals surface area (Å²) in [6.07, 6.45) is 10.1. The van der Waals surface area contributed by atoms with Crippen molar-refractivity contribution in [1.82, 2.24) is 29.6 Å². The summed E-state index contributed by atoms with van der Waals surface area (Å²) >= 11 is 0. The zero-order valence-electron chi connectivity index (χ0n) is 19.4. The Morgan fingerprint density at radius 3 is 2.71 bits per heavy atom. The lowest BCUT2D eigenvalue weighted by Crippen LogP contribution is -2.39. The van der Waals surface area contributed by atoms with Gasteiger partial charge in [-0.3, -0.25) is 4.57 Å². The van der Waals surface area contributed by atoms with Crippen LogP contribution in [0.25, 0.3) is 28.3 Å². The SMILES string of the molecule is Fc1cccc(-n2cnnc2-c2c[nH]c(-c3ccc(N4CCCC4CN4CCCC4)nc3)c2)c1F. The van der Waals surface area contributed by atoms with Gasteiger partial charge in [-0.2, -0.15) is 0 Å². The first kappa shape index (κ1) is 21.9. The molecule has 3 aromatic heterocycles. The molecule has 1 unspecified atom stereocenters. The summed E-state index contributed by atoms with van der Waals surface area (Å²) in [5.41, 5.74) is 2.59. The van der Waals surface area contributed by atoms with E-state index in [1.165, 1.54) is 61.8 Å². The van der Waals surface area contributed by atoms with Crippen LogP contribution in [0, 0.1) is 11.6 Å². The fourth-order valence-corrected chi connectivity index (χ4v) is 5.28. The van der Waals surface area contributed by atoms with Gasteiger partial charge >= 0.3 is 0 Å². The average molecular weight is 476 g/mol. The highest BCUT2D eigenvalue weighted by atomic mass is 19.2. The van der Waals surface area contributed by atoms with Crippen molar-refractivity contribution < 1.29 is 8.78 Å². The third kappa shape index (κ3) is 4.20. The lowest BCUT2D eigenvalue weighted by molar-refractivity contribution is 0.313. The molecule has 0 amide bonds. The molecule has 0 saturated carbocycles. The van der Waals surface area contributed by atoms with Gasteiger partial charge in [-0.1, -0.05) is 6.07 Å². The Morgan fingerprint density at radius 1 is 1.00 bits per heavy atom. The van der Waals surface area contributed by atoms with E-state index >= 15 is 0 Å². The van der Waals surface area contributed by atoms with E-state index < -0.39 is 11.6 Å². The maximum atomic E-state index is 14.4. The van der Waals surface area contributed by atoms with E-state index in [4.69, 9.17) is 4.98 Å². The molecule has 6 rings (SSSR count). The van der Waals surface area contributed by atoms with Gasteiger partial charge in [0.1, 0.15) is 12.1 Å². The first-order valence-corrected chi connectivity index (χ1v) is 12.2. The highest BCUT2D eigenvalue weighted by Crippen LogP contribution is 2.30. The highest BCUT2D eigenvalue weighted by molar-refractivity contribution is 5.69. The van der Waals surface area contributed by atoms with Gasteiger partial charge in [0.15, 0.2) is 17.5 Å². The second-order valence-electron chi connectivity index (χ2n) is 9.30. The van der Waals surface area contributed by atoms with Gasteiger partial charge in [0.05, 0.1) is 5.69 Å². The van der Waals surface area contributed by atoms with Crippen LogP contribution in [-0.2, 0) is 0 Å². The summed E-state index contributed by atoms with van der Waals surface area (Å²) in [6.45, 7) is 4.59. The standard InChI is InChI=1S/C26H27F2N7/c27-21-6-3-7-23(25(21)28)35-17-31-32-26(35)19-13-22(29-15-19)18-8-9-24(30-14-18)34-12-4-5-20(34)16-33-10-1-2-11-33/h3,6-9,13-15,17,20,29H,1-2,4-5,10-12,16H2. The second kappa shape index (κ2) is 9.22. The van der Waals surface area contributed by atoms with Gasteiger partial charge in [-0.05, 0) is 69.1 Å². The van der Waals surface area contributed by atoms with Crippen molar-refractivity contribution in [2.75, 3.05) is 31.1 Å². The van der Waals surface area contributed by atoms with Crippen molar-refractivity contribution in [2.24, 2.45) is 0 Å².